The number of piperidine rings is 1. The highest BCUT2D eigenvalue weighted by Gasteiger charge is 2.37. The van der Waals surface area contributed by atoms with Gasteiger partial charge in [0.25, 0.3) is 0 Å². The van der Waals surface area contributed by atoms with Gasteiger partial charge in [-0.15, -0.1) is 0 Å². The molecule has 0 N–H and O–H groups in total. The van der Waals surface area contributed by atoms with E-state index in [2.05, 4.69) is 0 Å². The third kappa shape index (κ3) is 5.31. The van der Waals surface area contributed by atoms with Crippen LogP contribution in [0.4, 0.5) is 4.79 Å². The number of ketones is 1. The largest absolute Gasteiger partial charge is 0.465 e. The minimum atomic E-state index is -0.722. The Morgan fingerprint density at radius 3 is 2.14 bits per heavy atom. The van der Waals surface area contributed by atoms with Crippen molar-refractivity contribution in [3.8, 4) is 0 Å². The van der Waals surface area contributed by atoms with Gasteiger partial charge in [0.2, 0.25) is 0 Å². The Labute approximate surface area is 132 Å². The first-order valence-corrected chi connectivity index (χ1v) is 7.80. The van der Waals surface area contributed by atoms with Crippen LogP contribution in [0.3, 0.4) is 0 Å². The monoisotopic (exact) mass is 313 g/mol. The van der Waals surface area contributed by atoms with Crippen LogP contribution in [0.5, 0.6) is 0 Å². The second-order valence-electron chi connectivity index (χ2n) is 6.65. The van der Waals surface area contributed by atoms with E-state index in [-0.39, 0.29) is 24.4 Å². The number of ether oxygens (including phenoxy) is 2. The summed E-state index contributed by atoms with van der Waals surface area (Å²) in [5.41, 5.74) is -0.527. The molecular weight excluding hydrogens is 286 g/mol. The van der Waals surface area contributed by atoms with Crippen molar-refractivity contribution < 1.29 is 23.9 Å². The molecule has 0 bridgehead atoms. The van der Waals surface area contributed by atoms with Crippen LogP contribution in [-0.2, 0) is 19.1 Å². The van der Waals surface area contributed by atoms with Crippen molar-refractivity contribution in [2.45, 2.75) is 53.1 Å². The Balaban J connectivity index is 2.61. The van der Waals surface area contributed by atoms with Gasteiger partial charge < -0.3 is 14.4 Å². The molecule has 0 aliphatic carbocycles. The number of rotatable bonds is 4. The number of nitrogens with zero attached hydrogens (tertiary/aromatic N) is 1. The van der Waals surface area contributed by atoms with Crippen LogP contribution in [-0.4, -0.2) is 48.0 Å². The van der Waals surface area contributed by atoms with E-state index in [1.54, 1.807) is 11.8 Å². The van der Waals surface area contributed by atoms with E-state index in [1.807, 2.05) is 20.8 Å². The highest BCUT2D eigenvalue weighted by atomic mass is 16.6. The summed E-state index contributed by atoms with van der Waals surface area (Å²) >= 11 is 0. The Morgan fingerprint density at radius 1 is 1.18 bits per heavy atom. The molecule has 1 atom stereocenters. The summed E-state index contributed by atoms with van der Waals surface area (Å²) in [6, 6.07) is 0. The van der Waals surface area contributed by atoms with Gasteiger partial charge in [-0.25, -0.2) is 4.79 Å². The van der Waals surface area contributed by atoms with Gasteiger partial charge >= 0.3 is 12.1 Å². The molecule has 1 heterocycles. The van der Waals surface area contributed by atoms with Crippen molar-refractivity contribution >= 4 is 17.8 Å². The van der Waals surface area contributed by atoms with Crippen molar-refractivity contribution in [2.24, 2.45) is 11.8 Å². The SMILES string of the molecule is CCOC(=O)[C@@H](C(C)=O)C1CCN(C(=O)OC(C)(C)C)CC1. The second kappa shape index (κ2) is 7.61. The fourth-order valence-corrected chi connectivity index (χ4v) is 2.66. The third-order valence-corrected chi connectivity index (χ3v) is 3.64. The lowest BCUT2D eigenvalue weighted by atomic mass is 9.82. The van der Waals surface area contributed by atoms with Crippen LogP contribution in [0, 0.1) is 11.8 Å². The van der Waals surface area contributed by atoms with Gasteiger partial charge in [-0.3, -0.25) is 9.59 Å². The maximum atomic E-state index is 12.0. The summed E-state index contributed by atoms with van der Waals surface area (Å²) in [7, 11) is 0. The minimum absolute atomic E-state index is 0.0739. The molecule has 0 spiro atoms. The van der Waals surface area contributed by atoms with Gasteiger partial charge in [-0.1, -0.05) is 0 Å². The van der Waals surface area contributed by atoms with Crippen molar-refractivity contribution in [1.29, 1.82) is 0 Å². The van der Waals surface area contributed by atoms with Crippen molar-refractivity contribution in [3.05, 3.63) is 0 Å². The number of hydrogen-bond donors (Lipinski definition) is 0. The highest BCUT2D eigenvalue weighted by Crippen LogP contribution is 2.27. The maximum Gasteiger partial charge on any atom is 0.410 e. The molecule has 1 saturated heterocycles. The highest BCUT2D eigenvalue weighted by molar-refractivity contribution is 5.98. The van der Waals surface area contributed by atoms with Gasteiger partial charge in [-0.2, -0.15) is 0 Å². The van der Waals surface area contributed by atoms with E-state index in [1.165, 1.54) is 6.92 Å². The second-order valence-corrected chi connectivity index (χ2v) is 6.65. The molecule has 1 amide bonds. The Hall–Kier alpha value is -1.59. The van der Waals surface area contributed by atoms with E-state index in [4.69, 9.17) is 9.47 Å². The predicted molar refractivity (Wildman–Crippen MR) is 81.3 cm³/mol. The molecule has 1 aliphatic heterocycles. The van der Waals surface area contributed by atoms with Crippen LogP contribution in [0.15, 0.2) is 0 Å². The average Bonchev–Trinajstić information content (AvgIpc) is 2.37. The molecule has 0 unspecified atom stereocenters. The van der Waals surface area contributed by atoms with Crippen LogP contribution in [0.2, 0.25) is 0 Å². The summed E-state index contributed by atoms with van der Waals surface area (Å²) in [5.74, 6) is -1.42. The molecule has 1 aliphatic rings. The van der Waals surface area contributed by atoms with Gasteiger partial charge in [0.15, 0.2) is 0 Å². The number of Topliss-reactive ketones (excluding diaryl/α,β-unsaturated/α-hetero) is 1. The molecule has 6 nitrogen and oxygen atoms in total. The zero-order chi connectivity index (χ0) is 16.9. The van der Waals surface area contributed by atoms with E-state index in [0.717, 1.165) is 0 Å². The number of carbonyl (C=O) groups excluding carboxylic acids is 3. The first-order valence-electron chi connectivity index (χ1n) is 7.80. The summed E-state index contributed by atoms with van der Waals surface area (Å²) < 4.78 is 10.3. The Kier molecular flexibility index (Phi) is 6.38. The number of carbonyl (C=O) groups is 3. The number of hydrogen-bond acceptors (Lipinski definition) is 5. The van der Waals surface area contributed by atoms with E-state index >= 15 is 0 Å². The van der Waals surface area contributed by atoms with Gasteiger partial charge in [0, 0.05) is 13.1 Å². The predicted octanol–water partition coefficient (Wildman–Crippen LogP) is 2.40. The molecule has 1 rings (SSSR count). The zero-order valence-corrected chi connectivity index (χ0v) is 14.2. The molecule has 0 saturated carbocycles. The molecule has 6 heteroatoms. The average molecular weight is 313 g/mol. The van der Waals surface area contributed by atoms with E-state index in [9.17, 15) is 14.4 Å². The lowest BCUT2D eigenvalue weighted by molar-refractivity contribution is -0.154. The number of likely N-dealkylation sites (tertiary alicyclic amines) is 1. The smallest absolute Gasteiger partial charge is 0.410 e. The third-order valence-electron chi connectivity index (χ3n) is 3.64. The lowest BCUT2D eigenvalue weighted by Crippen LogP contribution is -2.45. The van der Waals surface area contributed by atoms with E-state index < -0.39 is 17.5 Å². The topological polar surface area (TPSA) is 72.9 Å². The quantitative estimate of drug-likeness (QED) is 0.588. The Morgan fingerprint density at radius 2 is 1.73 bits per heavy atom. The summed E-state index contributed by atoms with van der Waals surface area (Å²) in [5, 5.41) is 0. The van der Waals surface area contributed by atoms with Gasteiger partial charge in [-0.05, 0) is 53.4 Å². The molecule has 0 aromatic carbocycles. The van der Waals surface area contributed by atoms with Gasteiger partial charge in [0.05, 0.1) is 6.61 Å². The normalized spacial score (nSPS) is 17.8. The fourth-order valence-electron chi connectivity index (χ4n) is 2.66. The molecule has 126 valence electrons. The summed E-state index contributed by atoms with van der Waals surface area (Å²) in [6.07, 6.45) is 0.853. The van der Waals surface area contributed by atoms with Gasteiger partial charge in [0.1, 0.15) is 17.3 Å². The summed E-state index contributed by atoms with van der Waals surface area (Å²) in [6.45, 7) is 9.85. The minimum Gasteiger partial charge on any atom is -0.465 e. The lowest BCUT2D eigenvalue weighted by Gasteiger charge is -2.35. The van der Waals surface area contributed by atoms with Crippen LogP contribution in [0.1, 0.15) is 47.5 Å². The maximum absolute atomic E-state index is 12.0. The van der Waals surface area contributed by atoms with Crippen molar-refractivity contribution in [2.75, 3.05) is 19.7 Å². The number of esters is 1. The molecule has 0 aromatic rings. The first-order chi connectivity index (χ1) is 10.2. The van der Waals surface area contributed by atoms with Crippen LogP contribution < -0.4 is 0 Å². The fraction of sp³-hybridized carbons (Fsp3) is 0.812. The molecule has 1 fully saturated rings. The van der Waals surface area contributed by atoms with Crippen molar-refractivity contribution in [1.82, 2.24) is 4.90 Å². The van der Waals surface area contributed by atoms with Crippen LogP contribution in [0.25, 0.3) is 0 Å². The number of amides is 1. The molecule has 22 heavy (non-hydrogen) atoms. The summed E-state index contributed by atoms with van der Waals surface area (Å²) in [4.78, 5) is 37.3. The zero-order valence-electron chi connectivity index (χ0n) is 14.2. The first kappa shape index (κ1) is 18.5. The van der Waals surface area contributed by atoms with E-state index in [0.29, 0.717) is 25.9 Å². The van der Waals surface area contributed by atoms with Crippen LogP contribution >= 0.6 is 0 Å². The molecule has 0 radical (unpaired) electrons. The standard InChI is InChI=1S/C16H27NO5/c1-6-21-14(19)13(11(2)18)12-7-9-17(10-8-12)15(20)22-16(3,4)5/h12-13H,6-10H2,1-5H3/t13-/m0/s1. The Bertz CT molecular complexity index is 419. The van der Waals surface area contributed by atoms with Crippen molar-refractivity contribution in [3.63, 3.8) is 0 Å². The molecular formula is C16H27NO5. The molecule has 0 aromatic heterocycles.